The summed E-state index contributed by atoms with van der Waals surface area (Å²) in [4.78, 5) is 34.2. The molecule has 0 radical (unpaired) electrons. The lowest BCUT2D eigenvalue weighted by Crippen LogP contribution is -2.23. The lowest BCUT2D eigenvalue weighted by Gasteiger charge is -2.13. The molecular weight excluding hydrogens is 411 g/mol. The first-order valence-corrected chi connectivity index (χ1v) is 8.07. The van der Waals surface area contributed by atoms with E-state index >= 15 is 0 Å². The van der Waals surface area contributed by atoms with Gasteiger partial charge in [0.2, 0.25) is 23.2 Å². The Morgan fingerprint density at radius 2 is 1.86 bits per heavy atom. The van der Waals surface area contributed by atoms with Crippen LogP contribution in [-0.4, -0.2) is 35.9 Å². The van der Waals surface area contributed by atoms with Crippen molar-refractivity contribution in [3.8, 4) is 5.75 Å². The second-order valence-corrected chi connectivity index (χ2v) is 5.68. The van der Waals surface area contributed by atoms with Crippen molar-refractivity contribution in [2.75, 3.05) is 6.61 Å². The Morgan fingerprint density at radius 1 is 1.24 bits per heavy atom. The second-order valence-electron chi connectivity index (χ2n) is 5.68. The minimum absolute atomic E-state index is 0.130. The SMILES string of the molecule is CCOC(=O)/C(=C/NC1CC1)C(=O)c1c(F)c(OC(F)F)c(F)c(F)c1[N+](=O)[O-]. The minimum Gasteiger partial charge on any atom is -0.462 e. The molecule has 1 aromatic rings. The predicted octanol–water partition coefficient (Wildman–Crippen LogP) is 3.00. The molecule has 0 spiro atoms. The summed E-state index contributed by atoms with van der Waals surface area (Å²) in [6, 6.07) is -0.130. The maximum Gasteiger partial charge on any atom is 0.387 e. The molecule has 1 N–H and O–H groups in total. The maximum absolute atomic E-state index is 14.6. The van der Waals surface area contributed by atoms with Crippen molar-refractivity contribution in [2.45, 2.75) is 32.4 Å². The zero-order valence-corrected chi connectivity index (χ0v) is 14.6. The second kappa shape index (κ2) is 8.84. The number of carbonyl (C=O) groups excluding carboxylic acids is 2. The zero-order valence-electron chi connectivity index (χ0n) is 14.6. The topological polar surface area (TPSA) is 108 Å². The average Bonchev–Trinajstić information content (AvgIpc) is 3.45. The lowest BCUT2D eigenvalue weighted by atomic mass is 10.00. The molecule has 0 bridgehead atoms. The number of carbonyl (C=O) groups is 2. The molecule has 0 atom stereocenters. The summed E-state index contributed by atoms with van der Waals surface area (Å²) < 4.78 is 75.5. The molecule has 0 amide bonds. The summed E-state index contributed by atoms with van der Waals surface area (Å²) in [5.41, 5.74) is -4.72. The van der Waals surface area contributed by atoms with Crippen LogP contribution in [0.25, 0.3) is 0 Å². The van der Waals surface area contributed by atoms with Gasteiger partial charge in [0.1, 0.15) is 11.1 Å². The number of ether oxygens (including phenoxy) is 2. The van der Waals surface area contributed by atoms with Gasteiger partial charge in [0.25, 0.3) is 0 Å². The average molecular weight is 424 g/mol. The van der Waals surface area contributed by atoms with Crippen molar-refractivity contribution in [3.05, 3.63) is 44.9 Å². The molecule has 1 aliphatic carbocycles. The largest absolute Gasteiger partial charge is 0.462 e. The standard InChI is InChI=1S/C16H13F5N2O6/c1-2-28-15(25)7(5-22-6-3-4-6)13(24)8-9(17)14(29-16(20)21)11(19)10(18)12(8)23(26)27/h5-6,16,22H,2-4H2,1H3/b7-5+. The molecule has 0 aromatic heterocycles. The molecule has 1 aromatic carbocycles. The van der Waals surface area contributed by atoms with Gasteiger partial charge >= 0.3 is 18.3 Å². The third kappa shape index (κ3) is 4.78. The van der Waals surface area contributed by atoms with E-state index in [0.29, 0.717) is 12.8 Å². The van der Waals surface area contributed by atoms with Crippen LogP contribution in [0.1, 0.15) is 30.1 Å². The lowest BCUT2D eigenvalue weighted by molar-refractivity contribution is -0.388. The summed E-state index contributed by atoms with van der Waals surface area (Å²) in [6.45, 7) is -2.71. The van der Waals surface area contributed by atoms with Gasteiger partial charge in [0.15, 0.2) is 5.82 Å². The quantitative estimate of drug-likeness (QED) is 0.0747. The van der Waals surface area contributed by atoms with E-state index in [1.165, 1.54) is 6.92 Å². The Balaban J connectivity index is 2.68. The van der Waals surface area contributed by atoms with E-state index in [4.69, 9.17) is 0 Å². The van der Waals surface area contributed by atoms with Crippen LogP contribution in [-0.2, 0) is 9.53 Å². The van der Waals surface area contributed by atoms with Crippen molar-refractivity contribution >= 4 is 17.4 Å². The van der Waals surface area contributed by atoms with Crippen molar-refractivity contribution in [2.24, 2.45) is 0 Å². The number of benzene rings is 1. The smallest absolute Gasteiger partial charge is 0.387 e. The van der Waals surface area contributed by atoms with Gasteiger partial charge in [-0.3, -0.25) is 14.9 Å². The first-order valence-electron chi connectivity index (χ1n) is 8.07. The van der Waals surface area contributed by atoms with E-state index in [1.807, 2.05) is 0 Å². The highest BCUT2D eigenvalue weighted by Gasteiger charge is 2.40. The van der Waals surface area contributed by atoms with Crippen molar-refractivity contribution in [1.29, 1.82) is 0 Å². The van der Waals surface area contributed by atoms with Crippen LogP contribution < -0.4 is 10.1 Å². The van der Waals surface area contributed by atoms with E-state index in [2.05, 4.69) is 14.8 Å². The van der Waals surface area contributed by atoms with Gasteiger partial charge < -0.3 is 14.8 Å². The molecule has 0 unspecified atom stereocenters. The Labute approximate surface area is 159 Å². The molecule has 13 heteroatoms. The Morgan fingerprint density at radius 3 is 2.34 bits per heavy atom. The van der Waals surface area contributed by atoms with Gasteiger partial charge in [-0.2, -0.15) is 17.6 Å². The molecule has 2 rings (SSSR count). The third-order valence-corrected chi connectivity index (χ3v) is 3.65. The first-order chi connectivity index (χ1) is 13.6. The monoisotopic (exact) mass is 424 g/mol. The molecule has 0 heterocycles. The third-order valence-electron chi connectivity index (χ3n) is 3.65. The first kappa shape index (κ1) is 22.0. The predicted molar refractivity (Wildman–Crippen MR) is 84.8 cm³/mol. The van der Waals surface area contributed by atoms with E-state index in [-0.39, 0.29) is 12.6 Å². The van der Waals surface area contributed by atoms with Crippen molar-refractivity contribution in [1.82, 2.24) is 5.32 Å². The summed E-state index contributed by atoms with van der Waals surface area (Å²) in [7, 11) is 0. The van der Waals surface area contributed by atoms with Gasteiger partial charge in [0.05, 0.1) is 11.5 Å². The summed E-state index contributed by atoms with van der Waals surface area (Å²) in [5, 5.41) is 13.7. The summed E-state index contributed by atoms with van der Waals surface area (Å²) in [6.07, 6.45) is 2.13. The van der Waals surface area contributed by atoms with Gasteiger partial charge in [-0.15, -0.1) is 0 Å². The number of hydrogen-bond donors (Lipinski definition) is 1. The molecule has 1 fully saturated rings. The molecule has 29 heavy (non-hydrogen) atoms. The fraction of sp³-hybridized carbons (Fsp3) is 0.375. The van der Waals surface area contributed by atoms with Gasteiger partial charge in [0, 0.05) is 12.2 Å². The normalized spacial score (nSPS) is 14.0. The number of alkyl halides is 2. The van der Waals surface area contributed by atoms with Gasteiger partial charge in [-0.05, 0) is 19.8 Å². The van der Waals surface area contributed by atoms with Crippen LogP contribution in [0.3, 0.4) is 0 Å². The van der Waals surface area contributed by atoms with Crippen molar-refractivity contribution < 1.29 is 45.9 Å². The number of nitrogens with one attached hydrogen (secondary N) is 1. The van der Waals surface area contributed by atoms with Gasteiger partial charge in [-0.1, -0.05) is 0 Å². The fourth-order valence-electron chi connectivity index (χ4n) is 2.21. The number of halogens is 5. The molecular formula is C16H13F5N2O6. The van der Waals surface area contributed by atoms with Crippen LogP contribution in [0.15, 0.2) is 11.8 Å². The number of Topliss-reactive ketones (excluding diaryl/α,β-unsaturated/α-hetero) is 1. The Hall–Kier alpha value is -3.25. The molecule has 0 aliphatic heterocycles. The van der Waals surface area contributed by atoms with Crippen LogP contribution in [0.4, 0.5) is 27.6 Å². The van der Waals surface area contributed by atoms with E-state index in [1.54, 1.807) is 0 Å². The summed E-state index contributed by atoms with van der Waals surface area (Å²) in [5.74, 6) is -12.3. The number of nitro benzene ring substituents is 1. The van der Waals surface area contributed by atoms with E-state index in [9.17, 15) is 41.7 Å². The molecule has 8 nitrogen and oxygen atoms in total. The number of esters is 1. The highest BCUT2D eigenvalue weighted by atomic mass is 19.3. The fourth-order valence-corrected chi connectivity index (χ4v) is 2.21. The number of rotatable bonds is 9. The number of nitrogens with zero attached hydrogens (tertiary/aromatic N) is 1. The maximum atomic E-state index is 14.6. The molecule has 0 saturated heterocycles. The van der Waals surface area contributed by atoms with Crippen LogP contribution in [0.2, 0.25) is 0 Å². The minimum atomic E-state index is -3.83. The van der Waals surface area contributed by atoms with Gasteiger partial charge in [-0.25, -0.2) is 9.18 Å². The van der Waals surface area contributed by atoms with E-state index < -0.39 is 63.3 Å². The highest BCUT2D eigenvalue weighted by molar-refractivity contribution is 6.25. The Bertz CT molecular complexity index is 885. The number of hydrogen-bond acceptors (Lipinski definition) is 7. The van der Waals surface area contributed by atoms with E-state index in [0.717, 1.165) is 6.20 Å². The molecule has 1 aliphatic rings. The highest BCUT2D eigenvalue weighted by Crippen LogP contribution is 2.37. The van der Waals surface area contributed by atoms with Crippen molar-refractivity contribution in [3.63, 3.8) is 0 Å². The molecule has 1 saturated carbocycles. The zero-order chi connectivity index (χ0) is 21.9. The number of nitro groups is 1. The van der Waals surface area contributed by atoms with Crippen LogP contribution >= 0.6 is 0 Å². The number of ketones is 1. The van der Waals surface area contributed by atoms with Crippen LogP contribution in [0, 0.1) is 27.6 Å². The summed E-state index contributed by atoms with van der Waals surface area (Å²) >= 11 is 0. The molecule has 158 valence electrons. The van der Waals surface area contributed by atoms with Crippen LogP contribution in [0.5, 0.6) is 5.75 Å². The Kier molecular flexibility index (Phi) is 6.72.